The van der Waals surface area contributed by atoms with E-state index in [1.165, 1.54) is 6.07 Å². The molecule has 0 aromatic heterocycles. The number of carboxylic acid groups (broad SMARTS) is 1. The number of rotatable bonds is 5. The van der Waals surface area contributed by atoms with Crippen LogP contribution in [-0.4, -0.2) is 31.6 Å². The van der Waals surface area contributed by atoms with Crippen LogP contribution < -0.4 is 15.8 Å². The van der Waals surface area contributed by atoms with Gasteiger partial charge >= 0.3 is 12.0 Å². The Labute approximate surface area is 146 Å². The normalized spacial score (nSPS) is 20.7. The topological polar surface area (TPSA) is 139 Å². The molecular weight excluding hydrogens is 346 g/mol. The second kappa shape index (κ2) is 7.83. The van der Waals surface area contributed by atoms with Crippen molar-refractivity contribution in [1.82, 2.24) is 5.32 Å². The minimum atomic E-state index is -3.87. The van der Waals surface area contributed by atoms with E-state index in [0.29, 0.717) is 43.4 Å². The highest BCUT2D eigenvalue weighted by atomic mass is 32.2. The van der Waals surface area contributed by atoms with Gasteiger partial charge in [0.1, 0.15) is 0 Å². The molecule has 8 nitrogen and oxygen atoms in total. The number of carboxylic acids is 1. The van der Waals surface area contributed by atoms with E-state index in [2.05, 4.69) is 10.6 Å². The van der Waals surface area contributed by atoms with Gasteiger partial charge in [0.15, 0.2) is 0 Å². The Morgan fingerprint density at radius 1 is 1.24 bits per heavy atom. The molecule has 0 spiro atoms. The first-order valence-corrected chi connectivity index (χ1v) is 9.71. The van der Waals surface area contributed by atoms with Crippen molar-refractivity contribution >= 4 is 27.7 Å². The third kappa shape index (κ3) is 5.17. The number of amides is 2. The number of carbonyl (C=O) groups excluding carboxylic acids is 1. The minimum Gasteiger partial charge on any atom is -0.481 e. The third-order valence-corrected chi connectivity index (χ3v) is 5.42. The van der Waals surface area contributed by atoms with Gasteiger partial charge in [-0.15, -0.1) is 0 Å². The summed E-state index contributed by atoms with van der Waals surface area (Å²) in [6, 6.07) is 4.03. The molecular formula is C16H23N3O5S. The molecule has 0 radical (unpaired) electrons. The van der Waals surface area contributed by atoms with Crippen LogP contribution >= 0.6 is 0 Å². The van der Waals surface area contributed by atoms with E-state index in [0.717, 1.165) is 0 Å². The largest absolute Gasteiger partial charge is 0.481 e. The van der Waals surface area contributed by atoms with E-state index in [9.17, 15) is 18.0 Å². The fraction of sp³-hybridized carbons (Fsp3) is 0.500. The van der Waals surface area contributed by atoms with Crippen molar-refractivity contribution in [2.45, 2.75) is 50.0 Å². The summed E-state index contributed by atoms with van der Waals surface area (Å²) >= 11 is 0. The van der Waals surface area contributed by atoms with Crippen LogP contribution in [0.15, 0.2) is 23.1 Å². The van der Waals surface area contributed by atoms with E-state index < -0.39 is 22.0 Å². The fourth-order valence-corrected chi connectivity index (χ4v) is 3.90. The maximum atomic E-state index is 12.1. The van der Waals surface area contributed by atoms with Gasteiger partial charge in [-0.1, -0.05) is 13.0 Å². The maximum Gasteiger partial charge on any atom is 0.319 e. The van der Waals surface area contributed by atoms with Crippen LogP contribution in [0.5, 0.6) is 0 Å². The molecule has 1 aromatic rings. The van der Waals surface area contributed by atoms with Crippen LogP contribution in [0, 0.1) is 5.92 Å². The van der Waals surface area contributed by atoms with Crippen LogP contribution in [0.3, 0.4) is 0 Å². The number of urea groups is 1. The summed E-state index contributed by atoms with van der Waals surface area (Å²) < 4.78 is 23.3. The summed E-state index contributed by atoms with van der Waals surface area (Å²) in [7, 11) is -3.87. The summed E-state index contributed by atoms with van der Waals surface area (Å²) in [5, 5.41) is 19.6. The number of hydrogen-bond acceptors (Lipinski definition) is 4. The van der Waals surface area contributed by atoms with Gasteiger partial charge in [0, 0.05) is 11.7 Å². The zero-order chi connectivity index (χ0) is 18.6. The first kappa shape index (κ1) is 19.2. The van der Waals surface area contributed by atoms with Gasteiger partial charge in [0.2, 0.25) is 10.0 Å². The number of hydrogen-bond donors (Lipinski definition) is 4. The van der Waals surface area contributed by atoms with Gasteiger partial charge in [0.05, 0.1) is 10.8 Å². The predicted molar refractivity (Wildman–Crippen MR) is 92.7 cm³/mol. The zero-order valence-electron chi connectivity index (χ0n) is 14.0. The molecule has 1 fully saturated rings. The second-order valence-electron chi connectivity index (χ2n) is 6.21. The van der Waals surface area contributed by atoms with Crippen LogP contribution in [0.25, 0.3) is 0 Å². The summed E-state index contributed by atoms with van der Waals surface area (Å²) in [4.78, 5) is 23.0. The Morgan fingerprint density at radius 2 is 1.88 bits per heavy atom. The molecule has 1 aromatic carbocycles. The molecule has 138 valence electrons. The molecule has 0 atom stereocenters. The zero-order valence-corrected chi connectivity index (χ0v) is 14.8. The Kier molecular flexibility index (Phi) is 6.02. The van der Waals surface area contributed by atoms with Crippen LogP contribution in [0.4, 0.5) is 10.5 Å². The number of nitrogens with one attached hydrogen (secondary N) is 2. The molecule has 9 heteroatoms. The van der Waals surface area contributed by atoms with Gasteiger partial charge in [-0.2, -0.15) is 0 Å². The Morgan fingerprint density at radius 3 is 2.40 bits per heavy atom. The summed E-state index contributed by atoms with van der Waals surface area (Å²) in [6.07, 6.45) is 2.76. The van der Waals surface area contributed by atoms with Gasteiger partial charge in [-0.05, 0) is 49.8 Å². The molecule has 1 saturated carbocycles. The molecule has 0 aliphatic heterocycles. The van der Waals surface area contributed by atoms with E-state index >= 15 is 0 Å². The van der Waals surface area contributed by atoms with Gasteiger partial charge in [0.25, 0.3) is 0 Å². The van der Waals surface area contributed by atoms with Crippen LogP contribution in [0.2, 0.25) is 0 Å². The van der Waals surface area contributed by atoms with E-state index in [1.807, 2.05) is 6.92 Å². The van der Waals surface area contributed by atoms with Crippen molar-refractivity contribution < 1.29 is 23.1 Å². The monoisotopic (exact) mass is 369 g/mol. The lowest BCUT2D eigenvalue weighted by atomic mass is 9.86. The molecule has 25 heavy (non-hydrogen) atoms. The number of anilines is 1. The number of benzene rings is 1. The van der Waals surface area contributed by atoms with Crippen molar-refractivity contribution in [3.05, 3.63) is 23.8 Å². The highest BCUT2D eigenvalue weighted by Crippen LogP contribution is 2.25. The van der Waals surface area contributed by atoms with Crippen molar-refractivity contribution in [2.24, 2.45) is 11.1 Å². The smallest absolute Gasteiger partial charge is 0.319 e. The first-order chi connectivity index (χ1) is 11.7. The molecule has 1 aliphatic rings. The number of aryl methyl sites for hydroxylation is 1. The van der Waals surface area contributed by atoms with Crippen molar-refractivity contribution in [1.29, 1.82) is 0 Å². The minimum absolute atomic E-state index is 0.00485. The van der Waals surface area contributed by atoms with E-state index in [4.69, 9.17) is 10.2 Å². The molecule has 0 heterocycles. The Bertz CT molecular complexity index is 755. The molecule has 2 amide bonds. The highest BCUT2D eigenvalue weighted by molar-refractivity contribution is 7.89. The number of nitrogens with two attached hydrogens (primary N) is 1. The van der Waals surface area contributed by atoms with Crippen molar-refractivity contribution in [3.63, 3.8) is 0 Å². The van der Waals surface area contributed by atoms with Crippen LogP contribution in [0.1, 0.15) is 38.2 Å². The fourth-order valence-electron chi connectivity index (χ4n) is 3.03. The number of aliphatic carboxylic acids is 1. The lowest BCUT2D eigenvalue weighted by Gasteiger charge is -2.26. The molecule has 0 unspecified atom stereocenters. The molecule has 2 rings (SSSR count). The Balaban J connectivity index is 1.98. The average Bonchev–Trinajstić information content (AvgIpc) is 2.54. The summed E-state index contributed by atoms with van der Waals surface area (Å²) in [5.41, 5.74) is 0.915. The van der Waals surface area contributed by atoms with E-state index in [-0.39, 0.29) is 16.9 Å². The standard InChI is InChI=1S/C16H23N3O5S/c1-2-10-3-8-13(9-14(10)25(17,23)24)19-16(22)18-12-6-4-11(5-7-12)15(20)21/h3,8-9,11-12H,2,4-7H2,1H3,(H,20,21)(H2,17,23,24)(H2,18,19,22). The predicted octanol–water partition coefficient (Wildman–Crippen LogP) is 1.66. The highest BCUT2D eigenvalue weighted by Gasteiger charge is 2.26. The van der Waals surface area contributed by atoms with Gasteiger partial charge in [-0.3, -0.25) is 4.79 Å². The van der Waals surface area contributed by atoms with Crippen molar-refractivity contribution in [3.8, 4) is 0 Å². The van der Waals surface area contributed by atoms with Gasteiger partial charge < -0.3 is 15.7 Å². The average molecular weight is 369 g/mol. The summed E-state index contributed by atoms with van der Waals surface area (Å²) in [5.74, 6) is -1.14. The lowest BCUT2D eigenvalue weighted by Crippen LogP contribution is -2.41. The number of sulfonamides is 1. The number of primary sulfonamides is 1. The van der Waals surface area contributed by atoms with Gasteiger partial charge in [-0.25, -0.2) is 18.4 Å². The lowest BCUT2D eigenvalue weighted by molar-refractivity contribution is -0.142. The molecule has 0 saturated heterocycles. The Hall–Kier alpha value is -2.13. The second-order valence-corrected chi connectivity index (χ2v) is 7.74. The van der Waals surface area contributed by atoms with E-state index in [1.54, 1.807) is 12.1 Å². The third-order valence-electron chi connectivity index (χ3n) is 4.42. The van der Waals surface area contributed by atoms with Crippen LogP contribution in [-0.2, 0) is 21.2 Å². The number of carbonyl (C=O) groups is 2. The molecule has 5 N–H and O–H groups in total. The van der Waals surface area contributed by atoms with Crippen molar-refractivity contribution in [2.75, 3.05) is 5.32 Å². The maximum absolute atomic E-state index is 12.1. The summed E-state index contributed by atoms with van der Waals surface area (Å²) in [6.45, 7) is 1.82. The SMILES string of the molecule is CCc1ccc(NC(=O)NC2CCC(C(=O)O)CC2)cc1S(N)(=O)=O. The molecule has 1 aliphatic carbocycles. The first-order valence-electron chi connectivity index (χ1n) is 8.16. The quantitative estimate of drug-likeness (QED) is 0.625. The molecule has 0 bridgehead atoms.